The second-order valence-electron chi connectivity index (χ2n) is 5.70. The standard InChI is InChI=1S/C18H16FN5O2/c1-10-8-12(19)4-7-14(10)11-2-5-13(6-3-11)24-9-15(22-18(21)26)16(23-24)17(20)25/h2-9H,1H3,(H2,20,25)(H3,21,22,26). The highest BCUT2D eigenvalue weighted by molar-refractivity contribution is 6.00. The van der Waals surface area contributed by atoms with Crippen LogP contribution in [0.25, 0.3) is 16.8 Å². The molecule has 3 aromatic rings. The van der Waals surface area contributed by atoms with Crippen molar-refractivity contribution >= 4 is 17.6 Å². The Bertz CT molecular complexity index is 995. The van der Waals surface area contributed by atoms with E-state index in [1.54, 1.807) is 18.2 Å². The number of primary amides is 2. The van der Waals surface area contributed by atoms with Gasteiger partial charge in [0.2, 0.25) is 0 Å². The summed E-state index contributed by atoms with van der Waals surface area (Å²) in [5.41, 5.74) is 13.7. The minimum absolute atomic E-state index is 0.0951. The molecule has 132 valence electrons. The fourth-order valence-corrected chi connectivity index (χ4v) is 2.66. The lowest BCUT2D eigenvalue weighted by Gasteiger charge is -2.08. The minimum atomic E-state index is -0.825. The topological polar surface area (TPSA) is 116 Å². The summed E-state index contributed by atoms with van der Waals surface area (Å²) in [6, 6.07) is 11.0. The fraction of sp³-hybridized carbons (Fsp3) is 0.0556. The molecule has 7 nitrogen and oxygen atoms in total. The number of nitrogens with one attached hydrogen (secondary N) is 1. The van der Waals surface area contributed by atoms with E-state index < -0.39 is 11.9 Å². The van der Waals surface area contributed by atoms with E-state index in [1.165, 1.54) is 23.0 Å². The Hall–Kier alpha value is -3.68. The van der Waals surface area contributed by atoms with Crippen LogP contribution in [0.15, 0.2) is 48.7 Å². The fourth-order valence-electron chi connectivity index (χ4n) is 2.66. The van der Waals surface area contributed by atoms with Crippen LogP contribution in [0.5, 0.6) is 0 Å². The number of carbonyl (C=O) groups excluding carboxylic acids is 2. The molecule has 0 aliphatic carbocycles. The molecule has 1 aromatic heterocycles. The molecule has 0 spiro atoms. The largest absolute Gasteiger partial charge is 0.364 e. The average molecular weight is 353 g/mol. The summed E-state index contributed by atoms with van der Waals surface area (Å²) in [5.74, 6) is -1.07. The summed E-state index contributed by atoms with van der Waals surface area (Å²) in [5, 5.41) is 6.40. The van der Waals surface area contributed by atoms with Crippen molar-refractivity contribution in [1.29, 1.82) is 0 Å². The second-order valence-corrected chi connectivity index (χ2v) is 5.70. The van der Waals surface area contributed by atoms with Crippen molar-refractivity contribution in [1.82, 2.24) is 9.78 Å². The number of urea groups is 1. The predicted molar refractivity (Wildman–Crippen MR) is 95.4 cm³/mol. The van der Waals surface area contributed by atoms with Gasteiger partial charge >= 0.3 is 6.03 Å². The molecule has 0 bridgehead atoms. The quantitative estimate of drug-likeness (QED) is 0.669. The second kappa shape index (κ2) is 6.67. The van der Waals surface area contributed by atoms with Crippen LogP contribution < -0.4 is 16.8 Å². The molecule has 1 heterocycles. The van der Waals surface area contributed by atoms with Gasteiger partial charge in [-0.2, -0.15) is 5.10 Å². The summed E-state index contributed by atoms with van der Waals surface area (Å²) in [6.07, 6.45) is 1.45. The molecule has 0 saturated heterocycles. The van der Waals surface area contributed by atoms with E-state index in [0.717, 1.165) is 16.7 Å². The Labute approximate surface area is 148 Å². The molecule has 0 unspecified atom stereocenters. The third-order valence-corrected chi connectivity index (χ3v) is 3.84. The highest BCUT2D eigenvalue weighted by Gasteiger charge is 2.16. The third-order valence-electron chi connectivity index (χ3n) is 3.84. The molecular weight excluding hydrogens is 337 g/mol. The van der Waals surface area contributed by atoms with Crippen molar-refractivity contribution in [2.24, 2.45) is 11.5 Å². The van der Waals surface area contributed by atoms with Gasteiger partial charge in [-0.1, -0.05) is 18.2 Å². The number of hydrogen-bond acceptors (Lipinski definition) is 3. The van der Waals surface area contributed by atoms with Crippen LogP contribution in [0, 0.1) is 12.7 Å². The number of nitrogens with two attached hydrogens (primary N) is 2. The molecule has 0 atom stereocenters. The van der Waals surface area contributed by atoms with E-state index in [-0.39, 0.29) is 17.2 Å². The normalized spacial score (nSPS) is 10.5. The highest BCUT2D eigenvalue weighted by atomic mass is 19.1. The van der Waals surface area contributed by atoms with Gasteiger partial charge in [-0.15, -0.1) is 0 Å². The minimum Gasteiger partial charge on any atom is -0.364 e. The van der Waals surface area contributed by atoms with Gasteiger partial charge in [-0.3, -0.25) is 4.79 Å². The number of anilines is 1. The first kappa shape index (κ1) is 17.2. The molecule has 3 amide bonds. The van der Waals surface area contributed by atoms with E-state index in [9.17, 15) is 14.0 Å². The lowest BCUT2D eigenvalue weighted by molar-refractivity contribution is 0.0996. The van der Waals surface area contributed by atoms with Crippen LogP contribution in [0.3, 0.4) is 0 Å². The Balaban J connectivity index is 1.96. The number of amides is 3. The lowest BCUT2D eigenvalue weighted by atomic mass is 10.0. The van der Waals surface area contributed by atoms with E-state index >= 15 is 0 Å². The smallest absolute Gasteiger partial charge is 0.316 e. The van der Waals surface area contributed by atoms with Crippen molar-refractivity contribution in [3.8, 4) is 16.8 Å². The number of rotatable bonds is 4. The lowest BCUT2D eigenvalue weighted by Crippen LogP contribution is -2.22. The monoisotopic (exact) mass is 353 g/mol. The van der Waals surface area contributed by atoms with Crippen LogP contribution >= 0.6 is 0 Å². The molecule has 3 rings (SSSR count). The highest BCUT2D eigenvalue weighted by Crippen LogP contribution is 2.25. The first-order chi connectivity index (χ1) is 12.3. The zero-order valence-corrected chi connectivity index (χ0v) is 13.9. The van der Waals surface area contributed by atoms with Gasteiger partial charge in [0.1, 0.15) is 5.82 Å². The SMILES string of the molecule is Cc1cc(F)ccc1-c1ccc(-n2cc(NC(N)=O)c(C(N)=O)n2)cc1. The van der Waals surface area contributed by atoms with Crippen molar-refractivity contribution in [3.05, 3.63) is 65.7 Å². The summed E-state index contributed by atoms with van der Waals surface area (Å²) in [7, 11) is 0. The van der Waals surface area contributed by atoms with Gasteiger partial charge in [0.15, 0.2) is 5.69 Å². The van der Waals surface area contributed by atoms with Crippen LogP contribution in [-0.4, -0.2) is 21.7 Å². The summed E-state index contributed by atoms with van der Waals surface area (Å²) < 4.78 is 14.7. The van der Waals surface area contributed by atoms with E-state index in [2.05, 4.69) is 10.4 Å². The van der Waals surface area contributed by atoms with Crippen molar-refractivity contribution < 1.29 is 14.0 Å². The number of benzene rings is 2. The summed E-state index contributed by atoms with van der Waals surface area (Å²) in [4.78, 5) is 22.5. The molecule has 0 fully saturated rings. The molecule has 0 radical (unpaired) electrons. The molecule has 8 heteroatoms. The first-order valence-electron chi connectivity index (χ1n) is 7.68. The van der Waals surface area contributed by atoms with Crippen molar-refractivity contribution in [3.63, 3.8) is 0 Å². The maximum Gasteiger partial charge on any atom is 0.316 e. The Morgan fingerprint density at radius 2 is 1.81 bits per heavy atom. The van der Waals surface area contributed by atoms with Gasteiger partial charge < -0.3 is 16.8 Å². The number of hydrogen-bond donors (Lipinski definition) is 3. The number of carbonyl (C=O) groups is 2. The van der Waals surface area contributed by atoms with Gasteiger partial charge in [0, 0.05) is 0 Å². The number of nitrogens with zero attached hydrogens (tertiary/aromatic N) is 2. The van der Waals surface area contributed by atoms with Crippen LogP contribution in [0.4, 0.5) is 14.9 Å². The number of aromatic nitrogens is 2. The van der Waals surface area contributed by atoms with E-state index in [1.807, 2.05) is 19.1 Å². The number of aryl methyl sites for hydroxylation is 1. The third kappa shape index (κ3) is 3.39. The molecule has 2 aromatic carbocycles. The van der Waals surface area contributed by atoms with Gasteiger partial charge in [-0.25, -0.2) is 13.9 Å². The molecule has 0 saturated carbocycles. The molecule has 5 N–H and O–H groups in total. The number of halogens is 1. The Morgan fingerprint density at radius 3 is 2.38 bits per heavy atom. The van der Waals surface area contributed by atoms with E-state index in [0.29, 0.717) is 5.69 Å². The maximum absolute atomic E-state index is 13.3. The molecule has 0 aliphatic heterocycles. The predicted octanol–water partition coefficient (Wildman–Crippen LogP) is 2.58. The van der Waals surface area contributed by atoms with Gasteiger partial charge in [0.25, 0.3) is 5.91 Å². The van der Waals surface area contributed by atoms with Crippen LogP contribution in [0.2, 0.25) is 0 Å². The van der Waals surface area contributed by atoms with Gasteiger partial charge in [-0.05, 0) is 47.9 Å². The maximum atomic E-state index is 13.3. The molecule has 0 aliphatic rings. The average Bonchev–Trinajstić information content (AvgIpc) is 2.98. The van der Waals surface area contributed by atoms with Crippen molar-refractivity contribution in [2.45, 2.75) is 6.92 Å². The van der Waals surface area contributed by atoms with E-state index in [4.69, 9.17) is 11.5 Å². The summed E-state index contributed by atoms with van der Waals surface area (Å²) in [6.45, 7) is 1.83. The van der Waals surface area contributed by atoms with Crippen LogP contribution in [-0.2, 0) is 0 Å². The Kier molecular flexibility index (Phi) is 4.40. The molecule has 26 heavy (non-hydrogen) atoms. The first-order valence-corrected chi connectivity index (χ1v) is 7.68. The zero-order valence-electron chi connectivity index (χ0n) is 13.9. The van der Waals surface area contributed by atoms with Crippen molar-refractivity contribution in [2.75, 3.05) is 5.32 Å². The summed E-state index contributed by atoms with van der Waals surface area (Å²) >= 11 is 0. The molecular formula is C18H16FN5O2. The Morgan fingerprint density at radius 1 is 1.12 bits per heavy atom. The van der Waals surface area contributed by atoms with Gasteiger partial charge in [0.05, 0.1) is 17.6 Å². The van der Waals surface area contributed by atoms with Crippen LogP contribution in [0.1, 0.15) is 16.1 Å². The zero-order chi connectivity index (χ0) is 18.8.